The molecule has 0 atom stereocenters. The van der Waals surface area contributed by atoms with E-state index in [1.807, 2.05) is 6.55 Å². The Bertz CT molecular complexity index is 48.6. The molecule has 0 aromatic rings. The minimum absolute atomic E-state index is 0.579. The molecule has 0 spiro atoms. The van der Waals surface area contributed by atoms with Crippen LogP contribution in [0.1, 0.15) is 0 Å². The summed E-state index contributed by atoms with van der Waals surface area (Å²) in [5.41, 5.74) is 0. The molecule has 0 unspecified atom stereocenters. The third-order valence-corrected chi connectivity index (χ3v) is 3.30. The van der Waals surface area contributed by atoms with Gasteiger partial charge in [0.25, 0.3) is 0 Å². The Morgan fingerprint density at radius 1 is 1.43 bits per heavy atom. The standard InChI is InChI=1S/C3H7Cl3Si/c1-7(5,6)3-2-4/h2-3H2,1H3. The number of halogens is 3. The molecule has 0 bridgehead atoms. The van der Waals surface area contributed by atoms with Gasteiger partial charge in [-0.1, -0.05) is 0 Å². The molecule has 0 fully saturated rings. The maximum atomic E-state index is 5.65. The molecule has 0 N–H and O–H groups in total. The van der Waals surface area contributed by atoms with E-state index in [4.69, 9.17) is 33.8 Å². The molecule has 0 saturated carbocycles. The van der Waals surface area contributed by atoms with Gasteiger partial charge >= 0.3 is 0 Å². The summed E-state index contributed by atoms with van der Waals surface area (Å²) in [4.78, 5) is 0. The lowest BCUT2D eigenvalue weighted by molar-refractivity contribution is 1.44. The van der Waals surface area contributed by atoms with Crippen LogP contribution in [-0.2, 0) is 0 Å². The molecule has 0 aliphatic rings. The predicted molar refractivity (Wildman–Crippen MR) is 38.9 cm³/mol. The molecule has 0 aromatic heterocycles. The van der Waals surface area contributed by atoms with Gasteiger partial charge in [-0.3, -0.25) is 0 Å². The highest BCUT2D eigenvalue weighted by Gasteiger charge is 2.18. The average molecular weight is 178 g/mol. The topological polar surface area (TPSA) is 0 Å². The van der Waals surface area contributed by atoms with Gasteiger partial charge in [-0.15, -0.1) is 33.8 Å². The predicted octanol–water partition coefficient (Wildman–Crippen LogP) is 2.77. The molecule has 0 rings (SSSR count). The molecule has 0 saturated heterocycles. The lowest BCUT2D eigenvalue weighted by Gasteiger charge is -2.04. The Hall–Kier alpha value is 1.09. The highest BCUT2D eigenvalue weighted by molar-refractivity contribution is 7.45. The first-order valence-corrected chi connectivity index (χ1v) is 7.26. The van der Waals surface area contributed by atoms with Crippen LogP contribution in [0.3, 0.4) is 0 Å². The summed E-state index contributed by atoms with van der Waals surface area (Å²) in [5, 5.41) is 0. The second-order valence-electron chi connectivity index (χ2n) is 1.51. The van der Waals surface area contributed by atoms with E-state index >= 15 is 0 Å². The Morgan fingerprint density at radius 3 is 1.86 bits per heavy atom. The number of hydrogen-bond acceptors (Lipinski definition) is 0. The van der Waals surface area contributed by atoms with Gasteiger partial charge in [0, 0.05) is 5.88 Å². The normalized spacial score (nSPS) is 12.0. The van der Waals surface area contributed by atoms with Crippen molar-refractivity contribution in [3.8, 4) is 0 Å². The highest BCUT2D eigenvalue weighted by Crippen LogP contribution is 2.19. The van der Waals surface area contributed by atoms with E-state index in [2.05, 4.69) is 0 Å². The van der Waals surface area contributed by atoms with Crippen molar-refractivity contribution in [2.24, 2.45) is 0 Å². The number of rotatable bonds is 2. The molecule has 4 heteroatoms. The van der Waals surface area contributed by atoms with Crippen molar-refractivity contribution in [2.75, 3.05) is 5.88 Å². The van der Waals surface area contributed by atoms with Gasteiger partial charge in [-0.2, -0.15) is 0 Å². The summed E-state index contributed by atoms with van der Waals surface area (Å²) in [5.74, 6) is 0.579. The SMILES string of the molecule is C[Si](Cl)(Cl)CCCl. The second-order valence-corrected chi connectivity index (χ2v) is 10.1. The fraction of sp³-hybridized carbons (Fsp3) is 1.00. The van der Waals surface area contributed by atoms with Crippen LogP contribution in [-0.4, -0.2) is 12.6 Å². The third-order valence-electron chi connectivity index (χ3n) is 0.533. The monoisotopic (exact) mass is 176 g/mol. The Kier molecular flexibility index (Phi) is 3.67. The Morgan fingerprint density at radius 2 is 1.86 bits per heavy atom. The molecule has 44 valence electrons. The Labute approximate surface area is 59.2 Å². The van der Waals surface area contributed by atoms with Gasteiger partial charge in [0.1, 0.15) is 0 Å². The van der Waals surface area contributed by atoms with Crippen molar-refractivity contribution in [1.82, 2.24) is 0 Å². The van der Waals surface area contributed by atoms with Crippen molar-refractivity contribution < 1.29 is 0 Å². The third kappa shape index (κ3) is 7.09. The van der Waals surface area contributed by atoms with E-state index in [1.54, 1.807) is 0 Å². The smallest absolute Gasteiger partial charge is 0.146 e. The van der Waals surface area contributed by atoms with E-state index in [1.165, 1.54) is 0 Å². The van der Waals surface area contributed by atoms with Crippen LogP contribution in [0.5, 0.6) is 0 Å². The first kappa shape index (κ1) is 8.09. The van der Waals surface area contributed by atoms with Crippen molar-refractivity contribution in [3.63, 3.8) is 0 Å². The number of hydrogen-bond donors (Lipinski definition) is 0. The van der Waals surface area contributed by atoms with Gasteiger partial charge in [-0.25, -0.2) is 0 Å². The van der Waals surface area contributed by atoms with Crippen molar-refractivity contribution >= 4 is 40.5 Å². The highest BCUT2D eigenvalue weighted by atomic mass is 35.7. The van der Waals surface area contributed by atoms with E-state index in [-0.39, 0.29) is 0 Å². The first-order valence-electron chi connectivity index (χ1n) is 2.00. The van der Waals surface area contributed by atoms with Crippen LogP contribution >= 0.6 is 33.8 Å². The van der Waals surface area contributed by atoms with Gasteiger partial charge in [0.05, 0.1) is 0 Å². The fourth-order valence-corrected chi connectivity index (χ4v) is 2.78. The molecule has 0 nitrogen and oxygen atoms in total. The van der Waals surface area contributed by atoms with E-state index in [0.29, 0.717) is 5.88 Å². The van der Waals surface area contributed by atoms with Crippen molar-refractivity contribution in [2.45, 2.75) is 12.6 Å². The minimum Gasteiger partial charge on any atom is -0.146 e. The zero-order valence-corrected chi connectivity index (χ0v) is 7.32. The maximum Gasteiger partial charge on any atom is 0.249 e. The molecule has 0 radical (unpaired) electrons. The summed E-state index contributed by atoms with van der Waals surface area (Å²) >= 11 is 16.7. The summed E-state index contributed by atoms with van der Waals surface area (Å²) in [7, 11) is 0. The summed E-state index contributed by atoms with van der Waals surface area (Å²) in [6, 6.07) is 0.775. The van der Waals surface area contributed by atoms with Gasteiger partial charge in [0.15, 0.2) is 0 Å². The molecule has 0 aliphatic heterocycles. The van der Waals surface area contributed by atoms with Crippen LogP contribution in [0.15, 0.2) is 0 Å². The van der Waals surface area contributed by atoms with Crippen LogP contribution in [0.2, 0.25) is 12.6 Å². The van der Waals surface area contributed by atoms with Gasteiger partial charge in [0.2, 0.25) is 6.69 Å². The zero-order valence-electron chi connectivity index (χ0n) is 4.05. The molecule has 0 aliphatic carbocycles. The molecule has 0 heterocycles. The second kappa shape index (κ2) is 3.18. The van der Waals surface area contributed by atoms with Gasteiger partial charge in [-0.05, 0) is 12.6 Å². The van der Waals surface area contributed by atoms with E-state index < -0.39 is 6.69 Å². The summed E-state index contributed by atoms with van der Waals surface area (Å²) < 4.78 is 0. The molecule has 0 amide bonds. The van der Waals surface area contributed by atoms with E-state index in [0.717, 1.165) is 6.04 Å². The molecule has 7 heavy (non-hydrogen) atoms. The largest absolute Gasteiger partial charge is 0.249 e. The zero-order chi connectivity index (χ0) is 5.91. The number of alkyl halides is 1. The van der Waals surface area contributed by atoms with Crippen molar-refractivity contribution in [1.29, 1.82) is 0 Å². The van der Waals surface area contributed by atoms with Crippen LogP contribution in [0.4, 0.5) is 0 Å². The maximum absolute atomic E-state index is 5.65. The molecular formula is C3H7Cl3Si. The lowest BCUT2D eigenvalue weighted by atomic mass is 11.0. The summed E-state index contributed by atoms with van der Waals surface area (Å²) in [6.45, 7) is 0.0149. The lowest BCUT2D eigenvalue weighted by Crippen LogP contribution is -2.11. The Balaban J connectivity index is 3.15. The fourth-order valence-electron chi connectivity index (χ4n) is 0.166. The van der Waals surface area contributed by atoms with Crippen LogP contribution in [0.25, 0.3) is 0 Å². The summed E-state index contributed by atoms with van der Waals surface area (Å²) in [6.07, 6.45) is 0. The quantitative estimate of drug-likeness (QED) is 0.346. The van der Waals surface area contributed by atoms with E-state index in [9.17, 15) is 0 Å². The average Bonchev–Trinajstić information content (AvgIpc) is 1.30. The molecular weight excluding hydrogens is 170 g/mol. The molecule has 0 aromatic carbocycles. The first-order chi connectivity index (χ1) is 3.06. The minimum atomic E-state index is -1.84. The van der Waals surface area contributed by atoms with Crippen LogP contribution in [0, 0.1) is 0 Å². The van der Waals surface area contributed by atoms with Crippen LogP contribution < -0.4 is 0 Å². The van der Waals surface area contributed by atoms with Gasteiger partial charge < -0.3 is 0 Å². The van der Waals surface area contributed by atoms with Crippen molar-refractivity contribution in [3.05, 3.63) is 0 Å².